The van der Waals surface area contributed by atoms with Gasteiger partial charge in [0, 0.05) is 25.2 Å². The number of rotatable bonds is 5. The first-order valence-corrected chi connectivity index (χ1v) is 11.1. The molecule has 0 bridgehead atoms. The predicted octanol–water partition coefficient (Wildman–Crippen LogP) is 2.63. The quantitative estimate of drug-likeness (QED) is 0.757. The molecule has 1 aromatic carbocycles. The SMILES string of the molecule is COc1cc(-n2cnnn2)c(Cl)cc1C(=O)N1CCCC(C(=O)NC2CCCCC2)C1. The van der Waals surface area contributed by atoms with Crippen LogP contribution in [0.5, 0.6) is 5.75 Å². The molecule has 1 saturated heterocycles. The Morgan fingerprint density at radius 3 is 2.68 bits per heavy atom. The molecule has 31 heavy (non-hydrogen) atoms. The molecule has 1 saturated carbocycles. The number of likely N-dealkylation sites (tertiary alicyclic amines) is 1. The van der Waals surface area contributed by atoms with Crippen LogP contribution in [0.15, 0.2) is 18.5 Å². The number of piperidine rings is 1. The van der Waals surface area contributed by atoms with Crippen LogP contribution in [-0.2, 0) is 4.79 Å². The molecular weight excluding hydrogens is 420 g/mol. The summed E-state index contributed by atoms with van der Waals surface area (Å²) < 4.78 is 6.87. The third kappa shape index (κ3) is 4.81. The number of hydrogen-bond donors (Lipinski definition) is 1. The molecule has 9 nitrogen and oxygen atoms in total. The number of methoxy groups -OCH3 is 1. The lowest BCUT2D eigenvalue weighted by molar-refractivity contribution is -0.127. The maximum atomic E-state index is 13.3. The number of tetrazole rings is 1. The number of carbonyl (C=O) groups is 2. The van der Waals surface area contributed by atoms with Gasteiger partial charge >= 0.3 is 0 Å². The second kappa shape index (κ2) is 9.64. The molecule has 0 spiro atoms. The summed E-state index contributed by atoms with van der Waals surface area (Å²) >= 11 is 6.41. The van der Waals surface area contributed by atoms with Crippen LogP contribution in [-0.4, -0.2) is 63.2 Å². The molecule has 1 aromatic heterocycles. The van der Waals surface area contributed by atoms with Crippen molar-refractivity contribution in [2.24, 2.45) is 5.92 Å². The van der Waals surface area contributed by atoms with Crippen LogP contribution in [0.3, 0.4) is 0 Å². The van der Waals surface area contributed by atoms with E-state index < -0.39 is 0 Å². The van der Waals surface area contributed by atoms with Gasteiger partial charge in [0.05, 0.1) is 29.3 Å². The largest absolute Gasteiger partial charge is 0.496 e. The molecule has 166 valence electrons. The van der Waals surface area contributed by atoms with Gasteiger partial charge in [0.25, 0.3) is 5.91 Å². The molecule has 0 radical (unpaired) electrons. The Morgan fingerprint density at radius 2 is 1.97 bits per heavy atom. The number of amides is 2. The fraction of sp³-hybridized carbons (Fsp3) is 0.571. The van der Waals surface area contributed by atoms with E-state index in [0.717, 1.165) is 25.7 Å². The predicted molar refractivity (Wildman–Crippen MR) is 114 cm³/mol. The van der Waals surface area contributed by atoms with E-state index in [1.165, 1.54) is 37.4 Å². The Bertz CT molecular complexity index is 929. The number of nitrogens with zero attached hydrogens (tertiary/aromatic N) is 5. The summed E-state index contributed by atoms with van der Waals surface area (Å²) in [4.78, 5) is 27.8. The van der Waals surface area contributed by atoms with Gasteiger partial charge in [-0.1, -0.05) is 30.9 Å². The zero-order chi connectivity index (χ0) is 21.8. The topological polar surface area (TPSA) is 102 Å². The summed E-state index contributed by atoms with van der Waals surface area (Å²) in [6, 6.07) is 3.49. The fourth-order valence-electron chi connectivity index (χ4n) is 4.44. The number of ether oxygens (including phenoxy) is 1. The fourth-order valence-corrected chi connectivity index (χ4v) is 4.69. The van der Waals surface area contributed by atoms with Crippen molar-refractivity contribution in [1.29, 1.82) is 0 Å². The number of benzene rings is 1. The van der Waals surface area contributed by atoms with Crippen LogP contribution in [0, 0.1) is 5.92 Å². The van der Waals surface area contributed by atoms with Crippen molar-refractivity contribution in [1.82, 2.24) is 30.4 Å². The Labute approximate surface area is 186 Å². The minimum absolute atomic E-state index is 0.0587. The van der Waals surface area contributed by atoms with Gasteiger partial charge in [0.2, 0.25) is 5.91 Å². The Morgan fingerprint density at radius 1 is 1.16 bits per heavy atom. The molecular formula is C21H27ClN6O3. The maximum absolute atomic E-state index is 13.3. The first kappa shape index (κ1) is 21.5. The van der Waals surface area contributed by atoms with Gasteiger partial charge in [-0.2, -0.15) is 4.68 Å². The summed E-state index contributed by atoms with van der Waals surface area (Å²) in [6.07, 6.45) is 8.67. The van der Waals surface area contributed by atoms with Crippen LogP contribution in [0.25, 0.3) is 5.69 Å². The molecule has 2 aliphatic rings. The van der Waals surface area contributed by atoms with Crippen LogP contribution < -0.4 is 10.1 Å². The average Bonchev–Trinajstić information content (AvgIpc) is 3.34. The molecule has 10 heteroatoms. The smallest absolute Gasteiger partial charge is 0.257 e. The number of carbonyl (C=O) groups excluding carboxylic acids is 2. The second-order valence-corrected chi connectivity index (χ2v) is 8.60. The number of aromatic nitrogens is 4. The second-order valence-electron chi connectivity index (χ2n) is 8.19. The van der Waals surface area contributed by atoms with Crippen LogP contribution in [0.2, 0.25) is 5.02 Å². The van der Waals surface area contributed by atoms with Gasteiger partial charge in [-0.05, 0) is 42.2 Å². The lowest BCUT2D eigenvalue weighted by Gasteiger charge is -2.34. The summed E-state index contributed by atoms with van der Waals surface area (Å²) in [7, 11) is 1.50. The first-order chi connectivity index (χ1) is 15.1. The molecule has 1 atom stereocenters. The van der Waals surface area contributed by atoms with Crippen LogP contribution in [0.1, 0.15) is 55.3 Å². The van der Waals surface area contributed by atoms with Gasteiger partial charge in [-0.15, -0.1) is 5.10 Å². The van der Waals surface area contributed by atoms with E-state index in [-0.39, 0.29) is 23.8 Å². The zero-order valence-corrected chi connectivity index (χ0v) is 18.3. The van der Waals surface area contributed by atoms with Gasteiger partial charge in [-0.3, -0.25) is 9.59 Å². The monoisotopic (exact) mass is 446 g/mol. The number of hydrogen-bond acceptors (Lipinski definition) is 6. The minimum atomic E-state index is -0.197. The summed E-state index contributed by atoms with van der Waals surface area (Å²) in [5.74, 6) is 0.0517. The van der Waals surface area contributed by atoms with E-state index in [4.69, 9.17) is 16.3 Å². The van der Waals surface area contributed by atoms with Crippen LogP contribution in [0.4, 0.5) is 0 Å². The van der Waals surface area contributed by atoms with E-state index in [9.17, 15) is 9.59 Å². The van der Waals surface area contributed by atoms with Crippen molar-refractivity contribution < 1.29 is 14.3 Å². The molecule has 1 N–H and O–H groups in total. The lowest BCUT2D eigenvalue weighted by Crippen LogP contribution is -2.48. The Hall–Kier alpha value is -2.68. The van der Waals surface area contributed by atoms with Crippen molar-refractivity contribution in [3.63, 3.8) is 0 Å². The standard InChI is InChI=1S/C21H27ClN6O3/c1-31-19-11-18(28-13-23-25-26-28)17(22)10-16(19)21(30)27-9-5-6-14(12-27)20(29)24-15-7-3-2-4-8-15/h10-11,13-15H,2-9,12H2,1H3,(H,24,29). The third-order valence-electron chi connectivity index (χ3n) is 6.13. The molecule has 2 fully saturated rings. The molecule has 1 aliphatic heterocycles. The molecule has 1 aliphatic carbocycles. The van der Waals surface area contributed by atoms with Crippen molar-refractivity contribution in [3.8, 4) is 11.4 Å². The van der Waals surface area contributed by atoms with Crippen molar-refractivity contribution >= 4 is 23.4 Å². The molecule has 2 amide bonds. The van der Waals surface area contributed by atoms with E-state index in [1.54, 1.807) is 17.0 Å². The van der Waals surface area contributed by atoms with E-state index in [0.29, 0.717) is 35.1 Å². The van der Waals surface area contributed by atoms with E-state index in [2.05, 4.69) is 20.8 Å². The first-order valence-electron chi connectivity index (χ1n) is 10.8. The third-order valence-corrected chi connectivity index (χ3v) is 6.43. The molecule has 4 rings (SSSR count). The average molecular weight is 447 g/mol. The molecule has 2 aromatic rings. The van der Waals surface area contributed by atoms with Crippen molar-refractivity contribution in [2.45, 2.75) is 51.0 Å². The highest BCUT2D eigenvalue weighted by molar-refractivity contribution is 6.33. The Kier molecular flexibility index (Phi) is 6.70. The highest BCUT2D eigenvalue weighted by atomic mass is 35.5. The summed E-state index contributed by atoms with van der Waals surface area (Å²) in [6.45, 7) is 0.995. The molecule has 2 heterocycles. The van der Waals surface area contributed by atoms with Gasteiger partial charge in [-0.25, -0.2) is 0 Å². The highest BCUT2D eigenvalue weighted by Gasteiger charge is 2.31. The maximum Gasteiger partial charge on any atom is 0.257 e. The zero-order valence-electron chi connectivity index (χ0n) is 17.6. The lowest BCUT2D eigenvalue weighted by atomic mass is 9.92. The normalized spacial score (nSPS) is 19.8. The van der Waals surface area contributed by atoms with Crippen LogP contribution >= 0.6 is 11.6 Å². The number of halogens is 1. The van der Waals surface area contributed by atoms with Crippen molar-refractivity contribution in [2.75, 3.05) is 20.2 Å². The van der Waals surface area contributed by atoms with Gasteiger partial charge in [0.1, 0.15) is 12.1 Å². The Balaban J connectivity index is 1.48. The summed E-state index contributed by atoms with van der Waals surface area (Å²) in [5.41, 5.74) is 0.876. The van der Waals surface area contributed by atoms with E-state index >= 15 is 0 Å². The van der Waals surface area contributed by atoms with Crippen molar-refractivity contribution in [3.05, 3.63) is 29.0 Å². The van der Waals surface area contributed by atoms with Gasteiger partial charge < -0.3 is 15.0 Å². The minimum Gasteiger partial charge on any atom is -0.496 e. The highest BCUT2D eigenvalue weighted by Crippen LogP contribution is 2.31. The molecule has 1 unspecified atom stereocenters. The summed E-state index contributed by atoms with van der Waals surface area (Å²) in [5, 5.41) is 14.6. The van der Waals surface area contributed by atoms with E-state index in [1.807, 2.05) is 0 Å². The number of nitrogens with one attached hydrogen (secondary N) is 1. The van der Waals surface area contributed by atoms with Gasteiger partial charge in [0.15, 0.2) is 0 Å².